The second-order valence-electron chi connectivity index (χ2n) is 0.908. The third-order valence-corrected chi connectivity index (χ3v) is 4.09. The highest BCUT2D eigenvalue weighted by Crippen LogP contribution is 2.48. The molecule has 0 aliphatic carbocycles. The molecule has 6 heavy (non-hydrogen) atoms. The van der Waals surface area contributed by atoms with Crippen molar-refractivity contribution in [3.8, 4) is 0 Å². The zero-order valence-electron chi connectivity index (χ0n) is 2.82. The van der Waals surface area contributed by atoms with Gasteiger partial charge in [0.15, 0.2) is 0 Å². The maximum Gasteiger partial charge on any atom is 0.0437 e. The number of rotatable bonds is 0. The Morgan fingerprint density at radius 1 is 1.00 bits per heavy atom. The van der Waals surface area contributed by atoms with Gasteiger partial charge in [-0.25, -0.2) is 0 Å². The number of thiocarbonyl (C=S) groups is 2. The predicted octanol–water partition coefficient (Wildman–Crippen LogP) is 1.93. The molecule has 4 heteroatoms. The summed E-state index contributed by atoms with van der Waals surface area (Å²) >= 11 is 9.60. The van der Waals surface area contributed by atoms with Gasteiger partial charge in [0, 0.05) is 8.69 Å². The molecule has 0 amide bonds. The van der Waals surface area contributed by atoms with Gasteiger partial charge in [-0.3, -0.25) is 0 Å². The first-order valence-electron chi connectivity index (χ1n) is 1.41. The fraction of sp³-hybridized carbons (Fsp3) is 0. The van der Waals surface area contributed by atoms with Crippen molar-refractivity contribution in [2.45, 2.75) is 0 Å². The molecule has 0 bridgehead atoms. The minimum atomic E-state index is 0.744. The fourth-order valence-corrected chi connectivity index (χ4v) is 4.44. The third-order valence-electron chi connectivity index (χ3n) is 0.454. The Kier molecular flexibility index (Phi) is 1.62. The molecule has 0 aromatic carbocycles. The van der Waals surface area contributed by atoms with Gasteiger partial charge in [0.05, 0.1) is 0 Å². The summed E-state index contributed by atoms with van der Waals surface area (Å²) in [6.07, 6.45) is 0. The average Bonchev–Trinajstić information content (AvgIpc) is 1.33. The van der Waals surface area contributed by atoms with Gasteiger partial charge in [0.25, 0.3) is 0 Å². The first-order chi connectivity index (χ1) is 2.79. The van der Waals surface area contributed by atoms with Crippen molar-refractivity contribution in [3.63, 3.8) is 0 Å². The largest absolute Gasteiger partial charge is 0.0790 e. The Hall–Kier alpha value is 1.04. The van der Waals surface area contributed by atoms with Crippen LogP contribution < -0.4 is 0 Å². The van der Waals surface area contributed by atoms with Crippen LogP contribution in [0.2, 0.25) is 0 Å². The molecule has 1 rings (SSSR count). The summed E-state index contributed by atoms with van der Waals surface area (Å²) < 4.78 is 2.36. The van der Waals surface area contributed by atoms with Crippen molar-refractivity contribution in [1.82, 2.24) is 0 Å². The topological polar surface area (TPSA) is 0 Å². The lowest BCUT2D eigenvalue weighted by Gasteiger charge is -2.12. The Morgan fingerprint density at radius 3 is 1.33 bits per heavy atom. The Balaban J connectivity index is 2.47. The molecule has 0 radical (unpaired) electrons. The van der Waals surface area contributed by atoms with E-state index in [-0.39, 0.29) is 0 Å². The summed E-state index contributed by atoms with van der Waals surface area (Å²) in [5, 5.41) is 0. The average molecular weight is 152 g/mol. The van der Waals surface area contributed by atoms with E-state index in [1.165, 1.54) is 8.69 Å². The minimum Gasteiger partial charge on any atom is -0.0790 e. The highest BCUT2D eigenvalue weighted by atomic mass is 32.1. The lowest BCUT2D eigenvalue weighted by Crippen LogP contribution is -1.91. The Labute approximate surface area is 50.6 Å². The van der Waals surface area contributed by atoms with Crippen LogP contribution in [0.25, 0.3) is 0 Å². The van der Waals surface area contributed by atoms with Crippen molar-refractivity contribution in [1.29, 1.82) is 0 Å². The van der Waals surface area contributed by atoms with Gasteiger partial charge < -0.3 is 0 Å². The van der Waals surface area contributed by atoms with Crippen LogP contribution >= 0.6 is 41.6 Å². The van der Waals surface area contributed by atoms with Crippen LogP contribution in [0.15, 0.2) is 0 Å². The van der Waals surface area contributed by atoms with E-state index in [0.29, 0.717) is 0 Å². The number of hydrogen-bond acceptors (Lipinski definition) is 2. The molecule has 1 aliphatic heterocycles. The highest BCUT2D eigenvalue weighted by Gasteiger charge is 2.13. The predicted molar refractivity (Wildman–Crippen MR) is 41.8 cm³/mol. The normalized spacial score (nSPS) is 28.7. The molecule has 0 N–H and O–H groups in total. The lowest BCUT2D eigenvalue weighted by molar-refractivity contribution is 3.66. The first-order valence-corrected chi connectivity index (χ1v) is 4.22. The van der Waals surface area contributed by atoms with Crippen LogP contribution in [0.3, 0.4) is 0 Å². The molecule has 0 atom stereocenters. The van der Waals surface area contributed by atoms with Gasteiger partial charge in [-0.2, -0.15) is 0 Å². The van der Waals surface area contributed by atoms with Crippen LogP contribution in [0.1, 0.15) is 0 Å². The second-order valence-corrected chi connectivity index (χ2v) is 6.67. The smallest absolute Gasteiger partial charge is 0.0437 e. The molecule has 0 unspecified atom stereocenters. The first kappa shape index (κ1) is 5.18. The summed E-state index contributed by atoms with van der Waals surface area (Å²) in [6.45, 7) is 0. The van der Waals surface area contributed by atoms with E-state index < -0.39 is 0 Å². The highest BCUT2D eigenvalue weighted by molar-refractivity contribution is 8.38. The van der Waals surface area contributed by atoms with E-state index in [0.717, 1.165) is 17.2 Å². The van der Waals surface area contributed by atoms with Crippen LogP contribution in [0.5, 0.6) is 0 Å². The molecule has 0 saturated carbocycles. The second kappa shape index (κ2) is 1.88. The van der Waals surface area contributed by atoms with E-state index in [1.807, 2.05) is 0 Å². The molecule has 1 fully saturated rings. The summed E-state index contributed by atoms with van der Waals surface area (Å²) in [5.41, 5.74) is 0. The van der Waals surface area contributed by atoms with E-state index in [4.69, 9.17) is 24.4 Å². The SMILES string of the molecule is S=C1PC(=S)P1. The van der Waals surface area contributed by atoms with Crippen LogP contribution in [-0.2, 0) is 0 Å². The van der Waals surface area contributed by atoms with E-state index in [9.17, 15) is 0 Å². The molecule has 0 aromatic rings. The van der Waals surface area contributed by atoms with Crippen molar-refractivity contribution in [3.05, 3.63) is 0 Å². The number of hydrogen-bond donors (Lipinski definition) is 0. The molecular weight excluding hydrogens is 150 g/mol. The molecule has 0 spiro atoms. The van der Waals surface area contributed by atoms with E-state index in [2.05, 4.69) is 0 Å². The van der Waals surface area contributed by atoms with Crippen molar-refractivity contribution in [2.75, 3.05) is 0 Å². The maximum atomic E-state index is 4.80. The molecule has 1 aliphatic rings. The van der Waals surface area contributed by atoms with Gasteiger partial charge in [-0.1, -0.05) is 24.4 Å². The van der Waals surface area contributed by atoms with Crippen molar-refractivity contribution >= 4 is 50.3 Å². The van der Waals surface area contributed by atoms with Gasteiger partial charge in [0.2, 0.25) is 0 Å². The monoisotopic (exact) mass is 152 g/mol. The zero-order chi connectivity index (χ0) is 4.57. The van der Waals surface area contributed by atoms with Crippen LogP contribution in [0, 0.1) is 0 Å². The van der Waals surface area contributed by atoms with E-state index >= 15 is 0 Å². The molecule has 0 aromatic heterocycles. The summed E-state index contributed by atoms with van der Waals surface area (Å²) in [7, 11) is 1.49. The molecule has 1 saturated heterocycles. The maximum absolute atomic E-state index is 4.80. The Bertz CT molecular complexity index is 86.1. The van der Waals surface area contributed by atoms with Gasteiger partial charge in [0.1, 0.15) is 0 Å². The minimum absolute atomic E-state index is 0.744. The molecule has 0 nitrogen and oxygen atoms in total. The quantitative estimate of drug-likeness (QED) is 0.384. The van der Waals surface area contributed by atoms with Gasteiger partial charge in [-0.05, 0) is 17.2 Å². The Morgan fingerprint density at radius 2 is 1.33 bits per heavy atom. The molecule has 32 valence electrons. The van der Waals surface area contributed by atoms with Crippen molar-refractivity contribution < 1.29 is 0 Å². The fourth-order valence-electron chi connectivity index (χ4n) is 0.206. The lowest BCUT2D eigenvalue weighted by atomic mass is 11.8. The van der Waals surface area contributed by atoms with E-state index in [1.54, 1.807) is 0 Å². The summed E-state index contributed by atoms with van der Waals surface area (Å²) in [6, 6.07) is 0. The molecule has 1 heterocycles. The standard InChI is InChI=1S/C2H2P2S2/c5-1-3-2(6)4-1/h3-4H. The van der Waals surface area contributed by atoms with Gasteiger partial charge >= 0.3 is 0 Å². The molecular formula is C2H2P2S2. The summed E-state index contributed by atoms with van der Waals surface area (Å²) in [5.74, 6) is 0. The third kappa shape index (κ3) is 1.01. The van der Waals surface area contributed by atoms with Crippen molar-refractivity contribution in [2.24, 2.45) is 0 Å². The zero-order valence-corrected chi connectivity index (χ0v) is 6.45. The van der Waals surface area contributed by atoms with Crippen LogP contribution in [-0.4, -0.2) is 8.69 Å². The summed E-state index contributed by atoms with van der Waals surface area (Å²) in [4.78, 5) is 0. The van der Waals surface area contributed by atoms with Crippen LogP contribution in [0.4, 0.5) is 0 Å². The van der Waals surface area contributed by atoms with Gasteiger partial charge in [-0.15, -0.1) is 0 Å².